The zero-order valence-electron chi connectivity index (χ0n) is 14.0. The number of nitrogens with one attached hydrogen (secondary N) is 2. The van der Waals surface area contributed by atoms with Crippen molar-refractivity contribution in [1.82, 2.24) is 10.6 Å². The topological polar surface area (TPSA) is 41.1 Å². The summed E-state index contributed by atoms with van der Waals surface area (Å²) in [5.41, 5.74) is 2.19. The monoisotopic (exact) mass is 350 g/mol. The van der Waals surface area contributed by atoms with Crippen molar-refractivity contribution in [3.8, 4) is 0 Å². The number of alkyl halides is 1. The van der Waals surface area contributed by atoms with Crippen molar-refractivity contribution in [2.24, 2.45) is 0 Å². The molecule has 2 N–H and O–H groups in total. The Balaban J connectivity index is 2.17. The number of hydrogen-bond donors (Lipinski definition) is 2. The van der Waals surface area contributed by atoms with E-state index in [0.29, 0.717) is 0 Å². The quantitative estimate of drug-likeness (QED) is 0.782. The molecule has 0 aliphatic carbocycles. The van der Waals surface area contributed by atoms with E-state index in [2.05, 4.69) is 10.6 Å². The standard InChI is InChI=1S/C19H21F3N2O/c1-13-4-2-5-14(10-13)16(12-24-19(25)23-9-8-20)11-15-6-3-7-17(21)18(15)22/h2-7,10,16H,8-9,11-12H2,1H3,(H2,23,24,25). The zero-order valence-corrected chi connectivity index (χ0v) is 14.0. The van der Waals surface area contributed by atoms with Gasteiger partial charge in [-0.15, -0.1) is 0 Å². The van der Waals surface area contributed by atoms with Gasteiger partial charge in [0.2, 0.25) is 0 Å². The molecule has 0 aliphatic heterocycles. The largest absolute Gasteiger partial charge is 0.338 e. The van der Waals surface area contributed by atoms with Crippen LogP contribution in [-0.2, 0) is 6.42 Å². The van der Waals surface area contributed by atoms with Crippen LogP contribution >= 0.6 is 0 Å². The number of aryl methyl sites for hydroxylation is 1. The summed E-state index contributed by atoms with van der Waals surface area (Å²) >= 11 is 0. The molecule has 3 nitrogen and oxygen atoms in total. The molecule has 0 saturated carbocycles. The average molecular weight is 350 g/mol. The maximum Gasteiger partial charge on any atom is 0.314 e. The second kappa shape index (κ2) is 9.11. The van der Waals surface area contributed by atoms with Crippen LogP contribution in [0.5, 0.6) is 0 Å². The minimum absolute atomic E-state index is 0.0700. The molecule has 0 bridgehead atoms. The van der Waals surface area contributed by atoms with Gasteiger partial charge in [-0.1, -0.05) is 42.0 Å². The normalized spacial score (nSPS) is 11.8. The van der Waals surface area contributed by atoms with Gasteiger partial charge >= 0.3 is 6.03 Å². The highest BCUT2D eigenvalue weighted by atomic mass is 19.2. The molecule has 0 aliphatic rings. The maximum atomic E-state index is 14.0. The number of carbonyl (C=O) groups is 1. The molecule has 134 valence electrons. The minimum atomic E-state index is -0.894. The van der Waals surface area contributed by atoms with Crippen molar-refractivity contribution in [2.45, 2.75) is 19.3 Å². The Kier molecular flexibility index (Phi) is 6.86. The van der Waals surface area contributed by atoms with Gasteiger partial charge in [-0.3, -0.25) is 0 Å². The molecule has 0 saturated heterocycles. The van der Waals surface area contributed by atoms with E-state index in [9.17, 15) is 18.0 Å². The van der Waals surface area contributed by atoms with Gasteiger partial charge in [0.1, 0.15) is 6.67 Å². The number of rotatable bonds is 7. The van der Waals surface area contributed by atoms with E-state index in [-0.39, 0.29) is 31.0 Å². The summed E-state index contributed by atoms with van der Waals surface area (Å²) in [7, 11) is 0. The van der Waals surface area contributed by atoms with Gasteiger partial charge < -0.3 is 10.6 Å². The molecule has 0 radical (unpaired) electrons. The molecule has 2 aromatic rings. The molecule has 1 atom stereocenters. The fourth-order valence-corrected chi connectivity index (χ4v) is 2.64. The van der Waals surface area contributed by atoms with E-state index >= 15 is 0 Å². The molecule has 1 unspecified atom stereocenters. The lowest BCUT2D eigenvalue weighted by atomic mass is 9.90. The van der Waals surface area contributed by atoms with Crippen molar-refractivity contribution in [2.75, 3.05) is 19.8 Å². The van der Waals surface area contributed by atoms with Crippen molar-refractivity contribution in [3.63, 3.8) is 0 Å². The number of carbonyl (C=O) groups excluding carboxylic acids is 1. The number of urea groups is 1. The average Bonchev–Trinajstić information content (AvgIpc) is 2.60. The SMILES string of the molecule is Cc1cccc(C(CNC(=O)NCCF)Cc2cccc(F)c2F)c1. The predicted octanol–water partition coefficient (Wildman–Crippen LogP) is 3.87. The third-order valence-electron chi connectivity index (χ3n) is 3.90. The molecule has 2 rings (SSSR count). The van der Waals surface area contributed by atoms with Gasteiger partial charge in [0.25, 0.3) is 0 Å². The van der Waals surface area contributed by atoms with Crippen molar-refractivity contribution in [1.29, 1.82) is 0 Å². The number of hydrogen-bond acceptors (Lipinski definition) is 1. The molecular weight excluding hydrogens is 329 g/mol. The van der Waals surface area contributed by atoms with Crippen LogP contribution < -0.4 is 10.6 Å². The summed E-state index contributed by atoms with van der Waals surface area (Å²) in [6, 6.07) is 11.2. The second-order valence-corrected chi connectivity index (χ2v) is 5.85. The first-order chi connectivity index (χ1) is 12.0. The Morgan fingerprint density at radius 3 is 2.60 bits per heavy atom. The molecule has 0 heterocycles. The van der Waals surface area contributed by atoms with Crippen LogP contribution in [-0.4, -0.2) is 25.8 Å². The predicted molar refractivity (Wildman–Crippen MR) is 91.4 cm³/mol. The van der Waals surface area contributed by atoms with Crippen molar-refractivity contribution < 1.29 is 18.0 Å². The van der Waals surface area contributed by atoms with Crippen LogP contribution in [0, 0.1) is 18.6 Å². The van der Waals surface area contributed by atoms with Gasteiger partial charge in [0, 0.05) is 19.0 Å². The summed E-state index contributed by atoms with van der Waals surface area (Å²) < 4.78 is 39.6. The highest BCUT2D eigenvalue weighted by molar-refractivity contribution is 5.73. The van der Waals surface area contributed by atoms with Crippen LogP contribution in [0.3, 0.4) is 0 Å². The Labute approximate surface area is 145 Å². The van der Waals surface area contributed by atoms with Crippen molar-refractivity contribution >= 4 is 6.03 Å². The third kappa shape index (κ3) is 5.52. The summed E-state index contributed by atoms with van der Waals surface area (Å²) in [5.74, 6) is -2.01. The lowest BCUT2D eigenvalue weighted by Crippen LogP contribution is -2.39. The van der Waals surface area contributed by atoms with Gasteiger partial charge in [-0.2, -0.15) is 0 Å². The Morgan fingerprint density at radius 1 is 1.12 bits per heavy atom. The number of benzene rings is 2. The van der Waals surface area contributed by atoms with Gasteiger partial charge in [0.05, 0.1) is 0 Å². The van der Waals surface area contributed by atoms with E-state index in [1.165, 1.54) is 12.1 Å². The first kappa shape index (κ1) is 18.8. The molecular formula is C19H21F3N2O. The number of amides is 2. The fourth-order valence-electron chi connectivity index (χ4n) is 2.64. The highest BCUT2D eigenvalue weighted by Crippen LogP contribution is 2.24. The van der Waals surface area contributed by atoms with E-state index in [0.717, 1.165) is 17.2 Å². The van der Waals surface area contributed by atoms with Crippen LogP contribution in [0.1, 0.15) is 22.6 Å². The molecule has 0 aromatic heterocycles. The van der Waals surface area contributed by atoms with E-state index in [4.69, 9.17) is 0 Å². The van der Waals surface area contributed by atoms with Crippen LogP contribution in [0.25, 0.3) is 0 Å². The first-order valence-electron chi connectivity index (χ1n) is 8.08. The van der Waals surface area contributed by atoms with Gasteiger partial charge in [-0.25, -0.2) is 18.0 Å². The summed E-state index contributed by atoms with van der Waals surface area (Å²) in [5, 5.41) is 5.03. The maximum absolute atomic E-state index is 14.0. The first-order valence-corrected chi connectivity index (χ1v) is 8.08. The van der Waals surface area contributed by atoms with E-state index in [1.54, 1.807) is 0 Å². The zero-order chi connectivity index (χ0) is 18.2. The molecule has 0 spiro atoms. The third-order valence-corrected chi connectivity index (χ3v) is 3.90. The Bertz CT molecular complexity index is 722. The summed E-state index contributed by atoms with van der Waals surface area (Å²) in [4.78, 5) is 11.7. The lowest BCUT2D eigenvalue weighted by Gasteiger charge is -2.19. The van der Waals surface area contributed by atoms with E-state index in [1.807, 2.05) is 31.2 Å². The van der Waals surface area contributed by atoms with Crippen LogP contribution in [0.2, 0.25) is 0 Å². The van der Waals surface area contributed by atoms with Crippen LogP contribution in [0.15, 0.2) is 42.5 Å². The van der Waals surface area contributed by atoms with E-state index < -0.39 is 24.3 Å². The molecule has 6 heteroatoms. The minimum Gasteiger partial charge on any atom is -0.338 e. The van der Waals surface area contributed by atoms with Crippen molar-refractivity contribution in [3.05, 3.63) is 70.8 Å². The molecule has 2 amide bonds. The summed E-state index contributed by atoms with van der Waals surface area (Å²) in [6.45, 7) is 1.44. The Morgan fingerprint density at radius 2 is 1.88 bits per heavy atom. The molecule has 0 fully saturated rings. The highest BCUT2D eigenvalue weighted by Gasteiger charge is 2.17. The van der Waals surface area contributed by atoms with Crippen LogP contribution in [0.4, 0.5) is 18.0 Å². The Hall–Kier alpha value is -2.50. The smallest absolute Gasteiger partial charge is 0.314 e. The fraction of sp³-hybridized carbons (Fsp3) is 0.316. The van der Waals surface area contributed by atoms with Gasteiger partial charge in [-0.05, 0) is 30.5 Å². The lowest BCUT2D eigenvalue weighted by molar-refractivity contribution is 0.239. The molecule has 25 heavy (non-hydrogen) atoms. The number of halogens is 3. The summed E-state index contributed by atoms with van der Waals surface area (Å²) in [6.07, 6.45) is 0.233. The van der Waals surface area contributed by atoms with Gasteiger partial charge in [0.15, 0.2) is 11.6 Å². The molecule has 2 aromatic carbocycles. The second-order valence-electron chi connectivity index (χ2n) is 5.85.